The van der Waals surface area contributed by atoms with Crippen LogP contribution in [-0.2, 0) is 0 Å². The second-order valence-corrected chi connectivity index (χ2v) is 5.87. The number of nitrogens with one attached hydrogen (secondary N) is 1. The van der Waals surface area contributed by atoms with Crippen LogP contribution in [0.5, 0.6) is 0 Å². The lowest BCUT2D eigenvalue weighted by molar-refractivity contribution is -0.385. The van der Waals surface area contributed by atoms with Crippen molar-refractivity contribution in [2.75, 3.05) is 5.32 Å². The molecule has 1 aromatic heterocycles. The maximum Gasteiger partial charge on any atom is 0.272 e. The molecule has 6 nitrogen and oxygen atoms in total. The van der Waals surface area contributed by atoms with Crippen LogP contribution in [0.2, 0.25) is 0 Å². The number of fused-ring (bicyclic) bond motifs is 1. The molecule has 8 heteroatoms. The second kappa shape index (κ2) is 5.73. The lowest BCUT2D eigenvalue weighted by Gasteiger charge is -2.03. The average molecular weight is 331 g/mol. The molecule has 0 atom stereocenters. The van der Waals surface area contributed by atoms with Gasteiger partial charge < -0.3 is 0 Å². The summed E-state index contributed by atoms with van der Waals surface area (Å²) in [5, 5.41) is 13.7. The van der Waals surface area contributed by atoms with Crippen LogP contribution in [0.1, 0.15) is 15.9 Å². The van der Waals surface area contributed by atoms with Gasteiger partial charge in [0.15, 0.2) is 5.13 Å². The molecular weight excluding hydrogens is 321 g/mol. The Kier molecular flexibility index (Phi) is 3.75. The molecule has 3 aromatic rings. The fraction of sp³-hybridized carbons (Fsp3) is 0.0667. The molecule has 1 heterocycles. The molecule has 0 aliphatic heterocycles. The van der Waals surface area contributed by atoms with Crippen molar-refractivity contribution in [3.63, 3.8) is 0 Å². The first kappa shape index (κ1) is 15.0. The third kappa shape index (κ3) is 3.02. The Morgan fingerprint density at radius 1 is 1.30 bits per heavy atom. The molecule has 0 saturated heterocycles. The van der Waals surface area contributed by atoms with Crippen molar-refractivity contribution in [2.24, 2.45) is 0 Å². The number of halogens is 1. The number of anilines is 1. The van der Waals surface area contributed by atoms with Crippen LogP contribution in [0.4, 0.5) is 15.2 Å². The van der Waals surface area contributed by atoms with Crippen molar-refractivity contribution >= 4 is 38.3 Å². The zero-order valence-corrected chi connectivity index (χ0v) is 12.7. The van der Waals surface area contributed by atoms with Crippen molar-refractivity contribution in [1.29, 1.82) is 0 Å². The Labute approximate surface area is 133 Å². The molecule has 0 aliphatic carbocycles. The molecule has 0 spiro atoms. The lowest BCUT2D eigenvalue weighted by Crippen LogP contribution is -2.12. The van der Waals surface area contributed by atoms with Crippen LogP contribution in [0, 0.1) is 22.9 Å². The van der Waals surface area contributed by atoms with Crippen LogP contribution in [0.15, 0.2) is 36.4 Å². The Morgan fingerprint density at radius 2 is 2.09 bits per heavy atom. The number of thiazole rings is 1. The van der Waals surface area contributed by atoms with Gasteiger partial charge in [0, 0.05) is 17.2 Å². The van der Waals surface area contributed by atoms with E-state index in [1.807, 2.05) is 0 Å². The van der Waals surface area contributed by atoms with E-state index in [9.17, 15) is 19.3 Å². The van der Waals surface area contributed by atoms with E-state index in [0.29, 0.717) is 26.5 Å². The number of amides is 1. The SMILES string of the molecule is Cc1cc(C(=O)Nc2nc3ccc(F)cc3s2)ccc1[N+](=O)[O-]. The maximum atomic E-state index is 13.2. The van der Waals surface area contributed by atoms with Crippen LogP contribution in [0.25, 0.3) is 10.2 Å². The summed E-state index contributed by atoms with van der Waals surface area (Å²) in [5.74, 6) is -0.799. The summed E-state index contributed by atoms with van der Waals surface area (Å²) in [5.41, 5.74) is 1.23. The molecule has 23 heavy (non-hydrogen) atoms. The zero-order chi connectivity index (χ0) is 16.6. The number of nitro benzene ring substituents is 1. The van der Waals surface area contributed by atoms with Crippen molar-refractivity contribution in [3.05, 3.63) is 63.5 Å². The molecule has 116 valence electrons. The summed E-state index contributed by atoms with van der Waals surface area (Å²) in [6, 6.07) is 8.30. The van der Waals surface area contributed by atoms with E-state index in [2.05, 4.69) is 10.3 Å². The van der Waals surface area contributed by atoms with Crippen LogP contribution < -0.4 is 5.32 Å². The van der Waals surface area contributed by atoms with E-state index in [-0.39, 0.29) is 11.5 Å². The molecule has 0 saturated carbocycles. The fourth-order valence-corrected chi connectivity index (χ4v) is 3.01. The largest absolute Gasteiger partial charge is 0.298 e. The molecule has 0 unspecified atom stereocenters. The highest BCUT2D eigenvalue weighted by Crippen LogP contribution is 2.27. The van der Waals surface area contributed by atoms with Gasteiger partial charge in [-0.25, -0.2) is 9.37 Å². The van der Waals surface area contributed by atoms with E-state index in [1.54, 1.807) is 6.92 Å². The quantitative estimate of drug-likeness (QED) is 0.582. The number of carbonyl (C=O) groups excluding carboxylic acids is 1. The van der Waals surface area contributed by atoms with Gasteiger partial charge in [-0.2, -0.15) is 0 Å². The zero-order valence-electron chi connectivity index (χ0n) is 11.9. The summed E-state index contributed by atoms with van der Waals surface area (Å²) in [4.78, 5) is 26.7. The molecule has 1 N–H and O–H groups in total. The first-order valence-electron chi connectivity index (χ1n) is 6.56. The fourth-order valence-electron chi connectivity index (χ4n) is 2.12. The molecule has 2 aromatic carbocycles. The topological polar surface area (TPSA) is 85.1 Å². The third-order valence-corrected chi connectivity index (χ3v) is 4.16. The average Bonchev–Trinajstić information content (AvgIpc) is 2.87. The van der Waals surface area contributed by atoms with E-state index >= 15 is 0 Å². The number of benzene rings is 2. The van der Waals surface area contributed by atoms with E-state index in [4.69, 9.17) is 0 Å². The van der Waals surface area contributed by atoms with Crippen molar-refractivity contribution < 1.29 is 14.1 Å². The number of aryl methyl sites for hydroxylation is 1. The van der Waals surface area contributed by atoms with E-state index in [0.717, 1.165) is 11.3 Å². The monoisotopic (exact) mass is 331 g/mol. The molecule has 1 amide bonds. The Balaban J connectivity index is 1.85. The predicted octanol–water partition coefficient (Wildman–Crippen LogP) is 3.90. The predicted molar refractivity (Wildman–Crippen MR) is 85.4 cm³/mol. The van der Waals surface area contributed by atoms with Crippen molar-refractivity contribution in [1.82, 2.24) is 4.98 Å². The van der Waals surface area contributed by atoms with Gasteiger partial charge in [-0.1, -0.05) is 11.3 Å². The molecule has 0 fully saturated rings. The minimum Gasteiger partial charge on any atom is -0.298 e. The second-order valence-electron chi connectivity index (χ2n) is 4.84. The summed E-state index contributed by atoms with van der Waals surface area (Å²) in [6.45, 7) is 1.56. The van der Waals surface area contributed by atoms with Crippen LogP contribution in [0.3, 0.4) is 0 Å². The molecule has 0 aliphatic rings. The number of nitro groups is 1. The summed E-state index contributed by atoms with van der Waals surface area (Å²) in [6.07, 6.45) is 0. The number of aromatic nitrogens is 1. The highest BCUT2D eigenvalue weighted by atomic mass is 32.1. The minimum atomic E-state index is -0.501. The molecule has 0 radical (unpaired) electrons. The molecule has 3 rings (SSSR count). The summed E-state index contributed by atoms with van der Waals surface area (Å²) in [7, 11) is 0. The number of carbonyl (C=O) groups is 1. The smallest absolute Gasteiger partial charge is 0.272 e. The van der Waals surface area contributed by atoms with Gasteiger partial charge in [-0.05, 0) is 37.3 Å². The van der Waals surface area contributed by atoms with Gasteiger partial charge in [0.05, 0.1) is 15.1 Å². The van der Waals surface area contributed by atoms with Gasteiger partial charge in [0.25, 0.3) is 11.6 Å². The number of hydrogen-bond acceptors (Lipinski definition) is 5. The summed E-state index contributed by atoms with van der Waals surface area (Å²) >= 11 is 1.16. The number of hydrogen-bond donors (Lipinski definition) is 1. The first-order chi connectivity index (χ1) is 10.9. The Morgan fingerprint density at radius 3 is 2.78 bits per heavy atom. The Bertz CT molecular complexity index is 939. The normalized spacial score (nSPS) is 10.7. The molecule has 0 bridgehead atoms. The highest BCUT2D eigenvalue weighted by Gasteiger charge is 2.15. The van der Waals surface area contributed by atoms with Crippen molar-refractivity contribution in [3.8, 4) is 0 Å². The Hall–Kier alpha value is -2.87. The van der Waals surface area contributed by atoms with Gasteiger partial charge >= 0.3 is 0 Å². The molecular formula is C15H10FN3O3S. The van der Waals surface area contributed by atoms with E-state index < -0.39 is 10.8 Å². The summed E-state index contributed by atoms with van der Waals surface area (Å²) < 4.78 is 13.8. The van der Waals surface area contributed by atoms with Gasteiger partial charge in [0.2, 0.25) is 0 Å². The highest BCUT2D eigenvalue weighted by molar-refractivity contribution is 7.22. The first-order valence-corrected chi connectivity index (χ1v) is 7.38. The van der Waals surface area contributed by atoms with Crippen LogP contribution in [-0.4, -0.2) is 15.8 Å². The van der Waals surface area contributed by atoms with Crippen LogP contribution >= 0.6 is 11.3 Å². The number of nitrogens with zero attached hydrogens (tertiary/aromatic N) is 2. The van der Waals surface area contributed by atoms with Gasteiger partial charge in [-0.3, -0.25) is 20.2 Å². The standard InChI is InChI=1S/C15H10FN3O3S/c1-8-6-9(2-5-12(8)19(21)22)14(20)18-15-17-11-4-3-10(16)7-13(11)23-15/h2-7H,1H3,(H,17,18,20). The van der Waals surface area contributed by atoms with Gasteiger partial charge in [-0.15, -0.1) is 0 Å². The van der Waals surface area contributed by atoms with E-state index in [1.165, 1.54) is 36.4 Å². The number of rotatable bonds is 3. The lowest BCUT2D eigenvalue weighted by atomic mass is 10.1. The third-order valence-electron chi connectivity index (χ3n) is 3.23. The van der Waals surface area contributed by atoms with Crippen molar-refractivity contribution in [2.45, 2.75) is 6.92 Å². The minimum absolute atomic E-state index is 0.0444. The maximum absolute atomic E-state index is 13.2. The van der Waals surface area contributed by atoms with Gasteiger partial charge in [0.1, 0.15) is 5.82 Å².